The van der Waals surface area contributed by atoms with E-state index in [1.165, 1.54) is 0 Å². The van der Waals surface area contributed by atoms with Gasteiger partial charge in [-0.2, -0.15) is 0 Å². The highest BCUT2D eigenvalue weighted by molar-refractivity contribution is 7.10. The summed E-state index contributed by atoms with van der Waals surface area (Å²) in [6.07, 6.45) is 3.35. The first-order valence-corrected chi connectivity index (χ1v) is 9.03. The summed E-state index contributed by atoms with van der Waals surface area (Å²) < 4.78 is 0. The molecule has 2 aliphatic heterocycles. The first-order chi connectivity index (χ1) is 10.6. The predicted octanol–water partition coefficient (Wildman–Crippen LogP) is 2.92. The molecular formula is C17H24N2O2S. The molecule has 0 bridgehead atoms. The summed E-state index contributed by atoms with van der Waals surface area (Å²) in [6.45, 7) is 3.99. The van der Waals surface area contributed by atoms with Gasteiger partial charge >= 0.3 is 0 Å². The molecule has 2 amide bonds. The third-order valence-electron chi connectivity index (χ3n) is 5.11. The number of piperidine rings is 2. The fraction of sp³-hybridized carbons (Fsp3) is 0.647. The minimum atomic E-state index is -0.0897. The van der Waals surface area contributed by atoms with Crippen LogP contribution in [0, 0.1) is 11.8 Å². The van der Waals surface area contributed by atoms with Gasteiger partial charge in [0.2, 0.25) is 11.8 Å². The third-order valence-corrected chi connectivity index (χ3v) is 6.05. The Kier molecular flexibility index (Phi) is 4.52. The van der Waals surface area contributed by atoms with Crippen LogP contribution in [0.15, 0.2) is 17.5 Å². The molecule has 120 valence electrons. The van der Waals surface area contributed by atoms with Gasteiger partial charge in [-0.25, -0.2) is 0 Å². The number of likely N-dealkylation sites (tertiary alicyclic amines) is 2. The Morgan fingerprint density at radius 2 is 2.00 bits per heavy atom. The second-order valence-electron chi connectivity index (χ2n) is 6.62. The lowest BCUT2D eigenvalue weighted by Gasteiger charge is -2.41. The van der Waals surface area contributed by atoms with Crippen molar-refractivity contribution in [2.45, 2.75) is 38.6 Å². The molecule has 0 aliphatic carbocycles. The SMILES string of the molecule is CC1CCN(C(=O)[C@H]2CCC(=O)N(C)[C@H]2c2cccs2)CC1. The average molecular weight is 320 g/mol. The molecule has 22 heavy (non-hydrogen) atoms. The molecule has 0 unspecified atom stereocenters. The molecule has 0 N–H and O–H groups in total. The Balaban J connectivity index is 1.80. The minimum Gasteiger partial charge on any atom is -0.342 e. The molecule has 3 heterocycles. The highest BCUT2D eigenvalue weighted by Crippen LogP contribution is 2.39. The van der Waals surface area contributed by atoms with E-state index < -0.39 is 0 Å². The van der Waals surface area contributed by atoms with Crippen molar-refractivity contribution in [3.8, 4) is 0 Å². The van der Waals surface area contributed by atoms with Crippen LogP contribution < -0.4 is 0 Å². The maximum absolute atomic E-state index is 13.0. The number of amides is 2. The Morgan fingerprint density at radius 3 is 2.64 bits per heavy atom. The summed E-state index contributed by atoms with van der Waals surface area (Å²) in [6, 6.07) is 3.95. The molecule has 5 heteroatoms. The van der Waals surface area contributed by atoms with Crippen molar-refractivity contribution >= 4 is 23.2 Å². The van der Waals surface area contributed by atoms with Crippen LogP contribution in [0.3, 0.4) is 0 Å². The zero-order chi connectivity index (χ0) is 15.7. The smallest absolute Gasteiger partial charge is 0.228 e. The summed E-state index contributed by atoms with van der Waals surface area (Å²) in [4.78, 5) is 30.0. The van der Waals surface area contributed by atoms with Gasteiger partial charge in [0, 0.05) is 31.4 Å². The van der Waals surface area contributed by atoms with E-state index in [4.69, 9.17) is 0 Å². The number of thiophene rings is 1. The van der Waals surface area contributed by atoms with Crippen molar-refractivity contribution in [3.63, 3.8) is 0 Å². The second kappa shape index (κ2) is 6.41. The largest absolute Gasteiger partial charge is 0.342 e. The highest BCUT2D eigenvalue weighted by atomic mass is 32.1. The van der Waals surface area contributed by atoms with Gasteiger partial charge < -0.3 is 9.80 Å². The number of hydrogen-bond donors (Lipinski definition) is 0. The van der Waals surface area contributed by atoms with Gasteiger partial charge in [-0.1, -0.05) is 13.0 Å². The standard InChI is InChI=1S/C17H24N2O2S/c1-12-7-9-19(10-8-12)17(21)13-5-6-15(20)18(2)16(13)14-4-3-11-22-14/h3-4,11-13,16H,5-10H2,1-2H3/t13-,16+/m0/s1. The van der Waals surface area contributed by atoms with Gasteiger partial charge in [0.15, 0.2) is 0 Å². The van der Waals surface area contributed by atoms with Gasteiger partial charge in [0.25, 0.3) is 0 Å². The van der Waals surface area contributed by atoms with E-state index in [-0.39, 0.29) is 23.8 Å². The molecule has 2 aliphatic rings. The monoisotopic (exact) mass is 320 g/mol. The van der Waals surface area contributed by atoms with E-state index >= 15 is 0 Å². The van der Waals surface area contributed by atoms with Crippen molar-refractivity contribution < 1.29 is 9.59 Å². The van der Waals surface area contributed by atoms with Crippen LogP contribution in [-0.2, 0) is 9.59 Å². The maximum atomic E-state index is 13.0. The van der Waals surface area contributed by atoms with Crippen molar-refractivity contribution in [2.24, 2.45) is 11.8 Å². The molecule has 2 saturated heterocycles. The lowest BCUT2D eigenvalue weighted by atomic mass is 9.86. The number of carbonyl (C=O) groups is 2. The first kappa shape index (κ1) is 15.5. The summed E-state index contributed by atoms with van der Waals surface area (Å²) in [5.74, 6) is 1.02. The molecule has 2 atom stereocenters. The normalized spacial score (nSPS) is 27.3. The Bertz CT molecular complexity index is 535. The summed E-state index contributed by atoms with van der Waals surface area (Å²) in [7, 11) is 1.84. The molecule has 0 saturated carbocycles. The zero-order valence-corrected chi connectivity index (χ0v) is 14.1. The topological polar surface area (TPSA) is 40.6 Å². The Labute approximate surface area is 136 Å². The van der Waals surface area contributed by atoms with E-state index in [1.54, 1.807) is 16.2 Å². The van der Waals surface area contributed by atoms with Gasteiger partial charge in [0.05, 0.1) is 12.0 Å². The molecular weight excluding hydrogens is 296 g/mol. The summed E-state index contributed by atoms with van der Waals surface area (Å²) in [5, 5.41) is 2.02. The molecule has 1 aromatic rings. The van der Waals surface area contributed by atoms with E-state index in [2.05, 4.69) is 6.92 Å². The molecule has 0 spiro atoms. The molecule has 0 aromatic carbocycles. The lowest BCUT2D eigenvalue weighted by molar-refractivity contribution is -0.147. The maximum Gasteiger partial charge on any atom is 0.228 e. The highest BCUT2D eigenvalue weighted by Gasteiger charge is 2.41. The van der Waals surface area contributed by atoms with Crippen LogP contribution in [0.4, 0.5) is 0 Å². The Morgan fingerprint density at radius 1 is 1.27 bits per heavy atom. The van der Waals surface area contributed by atoms with E-state index in [9.17, 15) is 9.59 Å². The lowest BCUT2D eigenvalue weighted by Crippen LogP contribution is -2.49. The number of carbonyl (C=O) groups excluding carboxylic acids is 2. The Hall–Kier alpha value is -1.36. The fourth-order valence-corrected chi connectivity index (χ4v) is 4.54. The number of hydrogen-bond acceptors (Lipinski definition) is 3. The first-order valence-electron chi connectivity index (χ1n) is 8.15. The van der Waals surface area contributed by atoms with E-state index in [0.29, 0.717) is 18.8 Å². The molecule has 2 fully saturated rings. The second-order valence-corrected chi connectivity index (χ2v) is 7.60. The van der Waals surface area contributed by atoms with Crippen molar-refractivity contribution in [2.75, 3.05) is 20.1 Å². The van der Waals surface area contributed by atoms with Gasteiger partial charge in [-0.05, 0) is 36.6 Å². The minimum absolute atomic E-state index is 0.0882. The van der Waals surface area contributed by atoms with Gasteiger partial charge in [-0.15, -0.1) is 11.3 Å². The van der Waals surface area contributed by atoms with Crippen molar-refractivity contribution in [1.82, 2.24) is 9.80 Å². The van der Waals surface area contributed by atoms with E-state index in [1.807, 2.05) is 29.5 Å². The van der Waals surface area contributed by atoms with Crippen LogP contribution in [0.25, 0.3) is 0 Å². The van der Waals surface area contributed by atoms with E-state index in [0.717, 1.165) is 30.8 Å². The molecule has 1 aromatic heterocycles. The average Bonchev–Trinajstić information content (AvgIpc) is 3.04. The van der Waals surface area contributed by atoms with Gasteiger partial charge in [-0.3, -0.25) is 9.59 Å². The van der Waals surface area contributed by atoms with Crippen molar-refractivity contribution in [3.05, 3.63) is 22.4 Å². The van der Waals surface area contributed by atoms with Gasteiger partial charge in [0.1, 0.15) is 0 Å². The van der Waals surface area contributed by atoms with Crippen LogP contribution in [0.1, 0.15) is 43.5 Å². The summed E-state index contributed by atoms with van der Waals surface area (Å²) >= 11 is 1.64. The fourth-order valence-electron chi connectivity index (χ4n) is 3.61. The molecule has 3 rings (SSSR count). The van der Waals surface area contributed by atoms with Crippen LogP contribution in [0.2, 0.25) is 0 Å². The molecule has 0 radical (unpaired) electrons. The van der Waals surface area contributed by atoms with Crippen LogP contribution >= 0.6 is 11.3 Å². The number of rotatable bonds is 2. The quantitative estimate of drug-likeness (QED) is 0.840. The number of nitrogens with zero attached hydrogens (tertiary/aromatic N) is 2. The van der Waals surface area contributed by atoms with Crippen molar-refractivity contribution in [1.29, 1.82) is 0 Å². The third kappa shape index (κ3) is 2.91. The molecule has 4 nitrogen and oxygen atoms in total. The van der Waals surface area contributed by atoms with Crippen LogP contribution in [-0.4, -0.2) is 41.8 Å². The van der Waals surface area contributed by atoms with Crippen LogP contribution in [0.5, 0.6) is 0 Å². The zero-order valence-electron chi connectivity index (χ0n) is 13.3. The summed E-state index contributed by atoms with van der Waals surface area (Å²) in [5.41, 5.74) is 0. The predicted molar refractivity (Wildman–Crippen MR) is 87.5 cm³/mol.